The minimum atomic E-state index is -0.404. The monoisotopic (exact) mass is 252 g/mol. The Kier molecular flexibility index (Phi) is 2.76. The van der Waals surface area contributed by atoms with Gasteiger partial charge < -0.3 is 4.74 Å². The zero-order valence-corrected chi connectivity index (χ0v) is 10.4. The van der Waals surface area contributed by atoms with Crippen molar-refractivity contribution in [2.24, 2.45) is 7.05 Å². The summed E-state index contributed by atoms with van der Waals surface area (Å²) in [6.07, 6.45) is 0. The molecule has 4 nitrogen and oxygen atoms in total. The Morgan fingerprint density at radius 1 is 1.05 bits per heavy atom. The standard InChI is InChI=1S/C15H12N2O2/c1-17-13-10-6-5-9-12(13)16-15(17)19-14(18)11-7-3-2-4-8-11/h2-10H,1H3. The van der Waals surface area contributed by atoms with Crippen molar-refractivity contribution in [3.63, 3.8) is 0 Å². The van der Waals surface area contributed by atoms with Gasteiger partial charge in [0.1, 0.15) is 0 Å². The molecule has 0 aliphatic rings. The number of aromatic nitrogens is 2. The van der Waals surface area contributed by atoms with Crippen LogP contribution in [0.4, 0.5) is 0 Å². The average molecular weight is 252 g/mol. The van der Waals surface area contributed by atoms with E-state index < -0.39 is 5.97 Å². The van der Waals surface area contributed by atoms with E-state index in [4.69, 9.17) is 4.74 Å². The number of para-hydroxylation sites is 2. The lowest BCUT2D eigenvalue weighted by molar-refractivity contribution is 0.0715. The largest absolute Gasteiger partial charge is 0.388 e. The zero-order chi connectivity index (χ0) is 13.2. The highest BCUT2D eigenvalue weighted by molar-refractivity contribution is 5.91. The van der Waals surface area contributed by atoms with Crippen molar-refractivity contribution in [1.29, 1.82) is 0 Å². The molecule has 1 aromatic heterocycles. The first-order valence-corrected chi connectivity index (χ1v) is 5.94. The second-order valence-corrected chi connectivity index (χ2v) is 4.20. The molecule has 1 heterocycles. The number of carbonyl (C=O) groups excluding carboxylic acids is 1. The van der Waals surface area contributed by atoms with Gasteiger partial charge in [0.2, 0.25) is 0 Å². The first-order chi connectivity index (χ1) is 9.25. The smallest absolute Gasteiger partial charge is 0.345 e. The quantitative estimate of drug-likeness (QED) is 0.659. The lowest BCUT2D eigenvalue weighted by Gasteiger charge is -2.03. The molecule has 0 atom stereocenters. The summed E-state index contributed by atoms with van der Waals surface area (Å²) in [7, 11) is 1.82. The van der Waals surface area contributed by atoms with Gasteiger partial charge >= 0.3 is 12.0 Å². The summed E-state index contributed by atoms with van der Waals surface area (Å²) < 4.78 is 7.09. The highest BCUT2D eigenvalue weighted by Gasteiger charge is 2.13. The molecule has 0 bridgehead atoms. The van der Waals surface area contributed by atoms with Gasteiger partial charge in [-0.15, -0.1) is 0 Å². The minimum Gasteiger partial charge on any atom is -0.388 e. The highest BCUT2D eigenvalue weighted by Crippen LogP contribution is 2.20. The van der Waals surface area contributed by atoms with E-state index in [1.165, 1.54) is 0 Å². The van der Waals surface area contributed by atoms with E-state index in [2.05, 4.69) is 4.98 Å². The third kappa shape index (κ3) is 2.08. The fraction of sp³-hybridized carbons (Fsp3) is 0.0667. The van der Waals surface area contributed by atoms with E-state index in [9.17, 15) is 4.79 Å². The number of hydrogen-bond acceptors (Lipinski definition) is 3. The summed E-state index contributed by atoms with van der Waals surface area (Å²) in [5, 5.41) is 0. The molecule has 0 spiro atoms. The predicted octanol–water partition coefficient (Wildman–Crippen LogP) is 2.79. The summed E-state index contributed by atoms with van der Waals surface area (Å²) in [5.74, 6) is -0.404. The number of fused-ring (bicyclic) bond motifs is 1. The summed E-state index contributed by atoms with van der Waals surface area (Å²) in [6, 6.07) is 16.8. The molecule has 2 aromatic carbocycles. The first kappa shape index (κ1) is 11.5. The van der Waals surface area contributed by atoms with Crippen molar-refractivity contribution in [3.05, 3.63) is 60.2 Å². The SMILES string of the molecule is Cn1c(OC(=O)c2ccccc2)nc2ccccc21. The molecule has 3 aromatic rings. The molecule has 0 saturated heterocycles. The third-order valence-electron chi connectivity index (χ3n) is 2.94. The maximum absolute atomic E-state index is 12.0. The normalized spacial score (nSPS) is 10.6. The molecule has 0 aliphatic heterocycles. The number of hydrogen-bond donors (Lipinski definition) is 0. The van der Waals surface area contributed by atoms with Crippen LogP contribution in [0.15, 0.2) is 54.6 Å². The topological polar surface area (TPSA) is 44.1 Å². The van der Waals surface area contributed by atoms with Crippen LogP contribution in [0.25, 0.3) is 11.0 Å². The number of aryl methyl sites for hydroxylation is 1. The Balaban J connectivity index is 1.94. The van der Waals surface area contributed by atoms with Crippen LogP contribution in [0.3, 0.4) is 0 Å². The van der Waals surface area contributed by atoms with Gasteiger partial charge in [-0.2, -0.15) is 4.98 Å². The van der Waals surface area contributed by atoms with Crippen molar-refractivity contribution < 1.29 is 9.53 Å². The molecule has 0 fully saturated rings. The minimum absolute atomic E-state index is 0.301. The molecule has 19 heavy (non-hydrogen) atoms. The van der Waals surface area contributed by atoms with Gasteiger partial charge in [-0.05, 0) is 24.3 Å². The van der Waals surface area contributed by atoms with Crippen LogP contribution in [0.2, 0.25) is 0 Å². The van der Waals surface area contributed by atoms with E-state index in [1.54, 1.807) is 28.8 Å². The van der Waals surface area contributed by atoms with Crippen LogP contribution in [0.5, 0.6) is 6.01 Å². The van der Waals surface area contributed by atoms with Crippen molar-refractivity contribution in [2.75, 3.05) is 0 Å². The lowest BCUT2D eigenvalue weighted by Crippen LogP contribution is -2.11. The van der Waals surface area contributed by atoms with Crippen molar-refractivity contribution >= 4 is 17.0 Å². The van der Waals surface area contributed by atoms with Crippen LogP contribution in [-0.4, -0.2) is 15.5 Å². The zero-order valence-electron chi connectivity index (χ0n) is 10.4. The third-order valence-corrected chi connectivity index (χ3v) is 2.94. The molecule has 0 amide bonds. The Morgan fingerprint density at radius 3 is 2.47 bits per heavy atom. The maximum atomic E-state index is 12.0. The van der Waals surface area contributed by atoms with Crippen molar-refractivity contribution in [2.45, 2.75) is 0 Å². The lowest BCUT2D eigenvalue weighted by atomic mass is 10.2. The Hall–Kier alpha value is -2.62. The fourth-order valence-electron chi connectivity index (χ4n) is 1.93. The summed E-state index contributed by atoms with van der Waals surface area (Å²) in [6.45, 7) is 0. The van der Waals surface area contributed by atoms with Gasteiger partial charge in [0.15, 0.2) is 0 Å². The Labute approximate surface area is 110 Å². The Bertz CT molecular complexity index is 732. The number of imidazole rings is 1. The van der Waals surface area contributed by atoms with Gasteiger partial charge in [0.05, 0.1) is 16.6 Å². The highest BCUT2D eigenvalue weighted by atomic mass is 16.5. The van der Waals surface area contributed by atoms with Gasteiger partial charge in [0.25, 0.3) is 0 Å². The number of esters is 1. The van der Waals surface area contributed by atoms with Gasteiger partial charge in [-0.1, -0.05) is 30.3 Å². The number of nitrogens with zero attached hydrogens (tertiary/aromatic N) is 2. The first-order valence-electron chi connectivity index (χ1n) is 5.94. The Morgan fingerprint density at radius 2 is 1.74 bits per heavy atom. The maximum Gasteiger partial charge on any atom is 0.345 e. The molecule has 4 heteroatoms. The van der Waals surface area contributed by atoms with Crippen LogP contribution < -0.4 is 4.74 Å². The number of carbonyl (C=O) groups is 1. The summed E-state index contributed by atoms with van der Waals surface area (Å²) in [4.78, 5) is 16.3. The van der Waals surface area contributed by atoms with Crippen molar-refractivity contribution in [3.8, 4) is 6.01 Å². The van der Waals surface area contributed by atoms with Gasteiger partial charge in [0, 0.05) is 7.05 Å². The van der Waals surface area contributed by atoms with Gasteiger partial charge in [-0.25, -0.2) is 4.79 Å². The molecule has 0 unspecified atom stereocenters. The van der Waals surface area contributed by atoms with Crippen LogP contribution in [0, 0.1) is 0 Å². The fourth-order valence-corrected chi connectivity index (χ4v) is 1.93. The van der Waals surface area contributed by atoms with E-state index in [1.807, 2.05) is 37.4 Å². The molecule has 0 saturated carbocycles. The van der Waals surface area contributed by atoms with Crippen LogP contribution in [-0.2, 0) is 7.05 Å². The number of benzene rings is 2. The van der Waals surface area contributed by atoms with Crippen molar-refractivity contribution in [1.82, 2.24) is 9.55 Å². The van der Waals surface area contributed by atoms with Crippen LogP contribution in [0.1, 0.15) is 10.4 Å². The predicted molar refractivity (Wildman–Crippen MR) is 72.1 cm³/mol. The van der Waals surface area contributed by atoms with Crippen LogP contribution >= 0.6 is 0 Å². The van der Waals surface area contributed by atoms with E-state index in [0.29, 0.717) is 11.6 Å². The van der Waals surface area contributed by atoms with Gasteiger partial charge in [-0.3, -0.25) is 4.57 Å². The molecule has 3 rings (SSSR count). The molecule has 0 radical (unpaired) electrons. The summed E-state index contributed by atoms with van der Waals surface area (Å²) in [5.41, 5.74) is 2.24. The number of rotatable bonds is 2. The second kappa shape index (κ2) is 4.57. The molecule has 94 valence electrons. The van der Waals surface area contributed by atoms with E-state index in [0.717, 1.165) is 11.0 Å². The molecular weight excluding hydrogens is 240 g/mol. The summed E-state index contributed by atoms with van der Waals surface area (Å²) >= 11 is 0. The molecule has 0 aliphatic carbocycles. The number of ether oxygens (including phenoxy) is 1. The molecule has 0 N–H and O–H groups in total. The van der Waals surface area contributed by atoms with E-state index >= 15 is 0 Å². The average Bonchev–Trinajstić information content (AvgIpc) is 2.77. The van der Waals surface area contributed by atoms with E-state index in [-0.39, 0.29) is 0 Å². The molecular formula is C15H12N2O2. The second-order valence-electron chi connectivity index (χ2n) is 4.20.